The minimum absolute atomic E-state index is 0.0774. The van der Waals surface area contributed by atoms with E-state index >= 15 is 0 Å². The van der Waals surface area contributed by atoms with E-state index in [-0.39, 0.29) is 34.9 Å². The zero-order valence-electron chi connectivity index (χ0n) is 10.4. The van der Waals surface area contributed by atoms with Gasteiger partial charge in [-0.2, -0.15) is 0 Å². The largest absolute Gasteiger partial charge is 0.504 e. The third-order valence-corrected chi connectivity index (χ3v) is 4.49. The predicted molar refractivity (Wildman–Crippen MR) is 71.6 cm³/mol. The molecule has 0 spiro atoms. The van der Waals surface area contributed by atoms with Gasteiger partial charge in [0.15, 0.2) is 11.5 Å². The first kappa shape index (κ1) is 12.6. The molecule has 2 N–H and O–H groups in total. The van der Waals surface area contributed by atoms with Crippen molar-refractivity contribution in [2.24, 2.45) is 0 Å². The quantitative estimate of drug-likeness (QED) is 0.614. The smallest absolute Gasteiger partial charge is 0.254 e. The van der Waals surface area contributed by atoms with Crippen LogP contribution in [0.4, 0.5) is 0 Å². The van der Waals surface area contributed by atoms with Crippen LogP contribution in [0.3, 0.4) is 0 Å². The Labute approximate surface area is 116 Å². The molecule has 2 aliphatic rings. The molecule has 0 aliphatic carbocycles. The second kappa shape index (κ2) is 4.60. The number of rotatable bonds is 1. The molecular formula is C14H16ClNO3. The molecule has 2 heterocycles. The first-order valence-corrected chi connectivity index (χ1v) is 6.98. The lowest BCUT2D eigenvalue weighted by molar-refractivity contribution is 0.0599. The number of amides is 1. The second-order valence-corrected chi connectivity index (χ2v) is 5.99. The molecule has 3 rings (SSSR count). The Kier molecular flexibility index (Phi) is 3.05. The predicted octanol–water partition coefficient (Wildman–Crippen LogP) is 2.47. The molecule has 1 aromatic rings. The first-order chi connectivity index (χ1) is 9.06. The molecule has 2 aliphatic heterocycles. The SMILES string of the molecule is O=C(c1ccc(O)c(O)c1)N1C2CCC1CC(Cl)C2. The van der Waals surface area contributed by atoms with Crippen molar-refractivity contribution in [1.82, 2.24) is 4.90 Å². The summed E-state index contributed by atoms with van der Waals surface area (Å²) >= 11 is 6.20. The van der Waals surface area contributed by atoms with E-state index in [1.54, 1.807) is 6.07 Å². The number of aromatic hydroxyl groups is 2. The summed E-state index contributed by atoms with van der Waals surface area (Å²) in [6, 6.07) is 4.64. The lowest BCUT2D eigenvalue weighted by Crippen LogP contribution is -2.46. The van der Waals surface area contributed by atoms with Gasteiger partial charge < -0.3 is 15.1 Å². The van der Waals surface area contributed by atoms with Gasteiger partial charge in [-0.15, -0.1) is 11.6 Å². The van der Waals surface area contributed by atoms with Gasteiger partial charge in [0.1, 0.15) is 0 Å². The third-order valence-electron chi connectivity index (χ3n) is 4.13. The molecule has 1 aromatic carbocycles. The van der Waals surface area contributed by atoms with Crippen molar-refractivity contribution in [2.45, 2.75) is 43.1 Å². The molecule has 4 nitrogen and oxygen atoms in total. The lowest BCUT2D eigenvalue weighted by Gasteiger charge is -2.37. The van der Waals surface area contributed by atoms with E-state index in [2.05, 4.69) is 0 Å². The van der Waals surface area contributed by atoms with Gasteiger partial charge in [0.05, 0.1) is 0 Å². The fraction of sp³-hybridized carbons (Fsp3) is 0.500. The number of carbonyl (C=O) groups excluding carboxylic acids is 1. The monoisotopic (exact) mass is 281 g/mol. The average Bonchev–Trinajstić information content (AvgIpc) is 2.64. The van der Waals surface area contributed by atoms with Crippen molar-refractivity contribution in [3.05, 3.63) is 23.8 Å². The van der Waals surface area contributed by atoms with Crippen molar-refractivity contribution in [3.63, 3.8) is 0 Å². The van der Waals surface area contributed by atoms with E-state index in [0.29, 0.717) is 5.56 Å². The fourth-order valence-corrected chi connectivity index (χ4v) is 3.66. The topological polar surface area (TPSA) is 60.8 Å². The van der Waals surface area contributed by atoms with Gasteiger partial charge in [-0.05, 0) is 43.9 Å². The molecule has 19 heavy (non-hydrogen) atoms. The highest BCUT2D eigenvalue weighted by molar-refractivity contribution is 6.20. The number of alkyl halides is 1. The van der Waals surface area contributed by atoms with Crippen LogP contribution in [0.2, 0.25) is 0 Å². The van der Waals surface area contributed by atoms with E-state index in [9.17, 15) is 15.0 Å². The fourth-order valence-electron chi connectivity index (χ4n) is 3.25. The molecule has 1 amide bonds. The minimum atomic E-state index is -0.259. The van der Waals surface area contributed by atoms with Gasteiger partial charge in [-0.25, -0.2) is 0 Å². The molecule has 0 saturated carbocycles. The summed E-state index contributed by atoms with van der Waals surface area (Å²) in [7, 11) is 0. The maximum atomic E-state index is 12.5. The van der Waals surface area contributed by atoms with Crippen LogP contribution < -0.4 is 0 Å². The van der Waals surface area contributed by atoms with Gasteiger partial charge in [0.2, 0.25) is 0 Å². The highest BCUT2D eigenvalue weighted by atomic mass is 35.5. The van der Waals surface area contributed by atoms with E-state index in [1.165, 1.54) is 12.1 Å². The summed E-state index contributed by atoms with van der Waals surface area (Å²) < 4.78 is 0. The van der Waals surface area contributed by atoms with E-state index in [1.807, 2.05) is 4.90 Å². The summed E-state index contributed by atoms with van der Waals surface area (Å²) in [6.45, 7) is 0. The molecule has 2 bridgehead atoms. The van der Waals surface area contributed by atoms with Gasteiger partial charge in [0.25, 0.3) is 5.91 Å². The van der Waals surface area contributed by atoms with Crippen LogP contribution in [0, 0.1) is 0 Å². The lowest BCUT2D eigenvalue weighted by atomic mass is 10.0. The Morgan fingerprint density at radius 2 is 1.79 bits per heavy atom. The van der Waals surface area contributed by atoms with Crippen molar-refractivity contribution < 1.29 is 15.0 Å². The van der Waals surface area contributed by atoms with Crippen LogP contribution in [-0.2, 0) is 0 Å². The molecule has 5 heteroatoms. The first-order valence-electron chi connectivity index (χ1n) is 6.55. The number of phenols is 2. The molecule has 0 aromatic heterocycles. The number of piperidine rings is 1. The highest BCUT2D eigenvalue weighted by Crippen LogP contribution is 2.39. The number of hydrogen-bond donors (Lipinski definition) is 2. The number of hydrogen-bond acceptors (Lipinski definition) is 3. The zero-order chi connectivity index (χ0) is 13.6. The van der Waals surface area contributed by atoms with Crippen LogP contribution in [0.1, 0.15) is 36.0 Å². The summed E-state index contributed by atoms with van der Waals surface area (Å²) in [5.74, 6) is -0.546. The molecular weight excluding hydrogens is 266 g/mol. The van der Waals surface area contributed by atoms with Crippen molar-refractivity contribution in [1.29, 1.82) is 0 Å². The maximum absolute atomic E-state index is 12.5. The van der Waals surface area contributed by atoms with E-state index < -0.39 is 0 Å². The number of benzene rings is 1. The Morgan fingerprint density at radius 3 is 2.37 bits per heavy atom. The number of carbonyl (C=O) groups is 1. The van der Waals surface area contributed by atoms with Crippen LogP contribution in [0.25, 0.3) is 0 Å². The molecule has 2 unspecified atom stereocenters. The van der Waals surface area contributed by atoms with Crippen LogP contribution in [-0.4, -0.2) is 38.5 Å². The molecule has 2 atom stereocenters. The van der Waals surface area contributed by atoms with Gasteiger partial charge in [0, 0.05) is 23.0 Å². The highest BCUT2D eigenvalue weighted by Gasteiger charge is 2.42. The molecule has 0 radical (unpaired) electrons. The van der Waals surface area contributed by atoms with E-state index in [0.717, 1.165) is 25.7 Å². The van der Waals surface area contributed by atoms with Crippen molar-refractivity contribution >= 4 is 17.5 Å². The number of nitrogens with zero attached hydrogens (tertiary/aromatic N) is 1. The van der Waals surface area contributed by atoms with Gasteiger partial charge in [-0.1, -0.05) is 0 Å². The Morgan fingerprint density at radius 1 is 1.16 bits per heavy atom. The number of fused-ring (bicyclic) bond motifs is 2. The van der Waals surface area contributed by atoms with E-state index in [4.69, 9.17) is 11.6 Å². The summed E-state index contributed by atoms with van der Waals surface area (Å²) in [5.41, 5.74) is 0.417. The van der Waals surface area contributed by atoms with Crippen LogP contribution in [0.5, 0.6) is 11.5 Å². The summed E-state index contributed by atoms with van der Waals surface area (Å²) in [5, 5.41) is 19.0. The second-order valence-electron chi connectivity index (χ2n) is 5.37. The van der Waals surface area contributed by atoms with Crippen LogP contribution in [0.15, 0.2) is 18.2 Å². The number of phenolic OH excluding ortho intramolecular Hbond substituents is 2. The van der Waals surface area contributed by atoms with Gasteiger partial charge >= 0.3 is 0 Å². The third kappa shape index (κ3) is 2.14. The summed E-state index contributed by atoms with van der Waals surface area (Å²) in [6.07, 6.45) is 3.69. The molecule has 2 saturated heterocycles. The van der Waals surface area contributed by atoms with Crippen molar-refractivity contribution in [2.75, 3.05) is 0 Å². The summed E-state index contributed by atoms with van der Waals surface area (Å²) in [4.78, 5) is 14.4. The maximum Gasteiger partial charge on any atom is 0.254 e. The number of halogens is 1. The van der Waals surface area contributed by atoms with Crippen molar-refractivity contribution in [3.8, 4) is 11.5 Å². The molecule has 2 fully saturated rings. The molecule has 102 valence electrons. The normalized spacial score (nSPS) is 29.5. The Balaban J connectivity index is 1.86. The standard InChI is InChI=1S/C14H16ClNO3/c15-9-6-10-2-3-11(7-9)16(10)14(19)8-1-4-12(17)13(18)5-8/h1,4-5,9-11,17-18H,2-3,6-7H2. The Bertz CT molecular complexity index is 505. The van der Waals surface area contributed by atoms with Crippen LogP contribution >= 0.6 is 11.6 Å². The van der Waals surface area contributed by atoms with Gasteiger partial charge in [-0.3, -0.25) is 4.79 Å². The minimum Gasteiger partial charge on any atom is -0.504 e. The zero-order valence-corrected chi connectivity index (χ0v) is 11.2. The Hall–Kier alpha value is -1.42. The average molecular weight is 282 g/mol.